The highest BCUT2D eigenvalue weighted by atomic mass is 35.5. The molecule has 3 rings (SSSR count). The van der Waals surface area contributed by atoms with E-state index in [1.165, 1.54) is 5.56 Å². The molecule has 0 bridgehead atoms. The van der Waals surface area contributed by atoms with E-state index in [1.807, 2.05) is 18.2 Å². The maximum Gasteiger partial charge on any atom is 0.328 e. The lowest BCUT2D eigenvalue weighted by Gasteiger charge is -2.34. The van der Waals surface area contributed by atoms with Gasteiger partial charge in [0.05, 0.1) is 6.61 Å². The smallest absolute Gasteiger partial charge is 0.328 e. The summed E-state index contributed by atoms with van der Waals surface area (Å²) in [6, 6.07) is 5.81. The number of hydrogen-bond acceptors (Lipinski definition) is 3. The van der Waals surface area contributed by atoms with Crippen molar-refractivity contribution < 1.29 is 9.53 Å². The van der Waals surface area contributed by atoms with Crippen molar-refractivity contribution in [2.24, 2.45) is 0 Å². The van der Waals surface area contributed by atoms with Gasteiger partial charge in [0, 0.05) is 23.7 Å². The van der Waals surface area contributed by atoms with Crippen LogP contribution >= 0.6 is 11.6 Å². The normalized spacial score (nSPS) is 23.5. The van der Waals surface area contributed by atoms with Crippen LogP contribution in [-0.4, -0.2) is 25.2 Å². The molecule has 1 saturated heterocycles. The summed E-state index contributed by atoms with van der Waals surface area (Å²) in [5.74, 6) is -0.0900. The molecule has 2 aliphatic rings. The molecule has 3 nitrogen and oxygen atoms in total. The van der Waals surface area contributed by atoms with E-state index in [0.717, 1.165) is 36.5 Å². The highest BCUT2D eigenvalue weighted by Crippen LogP contribution is 2.32. The SMILES string of the molecule is O=C1OCCC1N1CCCc2cc(Cl)ccc21. The van der Waals surface area contributed by atoms with Gasteiger partial charge >= 0.3 is 5.97 Å². The van der Waals surface area contributed by atoms with Crippen molar-refractivity contribution in [1.82, 2.24) is 0 Å². The van der Waals surface area contributed by atoms with Crippen LogP contribution in [0.25, 0.3) is 0 Å². The third-order valence-electron chi connectivity index (χ3n) is 3.48. The molecule has 0 N–H and O–H groups in total. The Labute approximate surface area is 105 Å². The van der Waals surface area contributed by atoms with Crippen molar-refractivity contribution in [2.45, 2.75) is 25.3 Å². The summed E-state index contributed by atoms with van der Waals surface area (Å²) in [5.41, 5.74) is 2.38. The van der Waals surface area contributed by atoms with Gasteiger partial charge in [-0.1, -0.05) is 11.6 Å². The fraction of sp³-hybridized carbons (Fsp3) is 0.462. The van der Waals surface area contributed by atoms with Crippen molar-refractivity contribution in [1.29, 1.82) is 0 Å². The zero-order valence-corrected chi connectivity index (χ0v) is 10.2. The molecule has 1 aromatic carbocycles. The van der Waals surface area contributed by atoms with E-state index >= 15 is 0 Å². The maximum atomic E-state index is 11.7. The minimum atomic E-state index is -0.102. The molecular formula is C13H14ClNO2. The van der Waals surface area contributed by atoms with Crippen molar-refractivity contribution in [3.05, 3.63) is 28.8 Å². The molecule has 1 unspecified atom stereocenters. The van der Waals surface area contributed by atoms with Gasteiger partial charge in [-0.05, 0) is 36.6 Å². The van der Waals surface area contributed by atoms with Crippen LogP contribution in [0.4, 0.5) is 5.69 Å². The summed E-state index contributed by atoms with van der Waals surface area (Å²) in [6.07, 6.45) is 2.90. The molecule has 1 fully saturated rings. The molecule has 0 radical (unpaired) electrons. The Bertz CT molecular complexity index is 461. The first-order chi connectivity index (χ1) is 8.25. The Balaban J connectivity index is 1.96. The molecule has 90 valence electrons. The molecule has 0 aromatic heterocycles. The minimum Gasteiger partial charge on any atom is -0.464 e. The molecule has 17 heavy (non-hydrogen) atoms. The summed E-state index contributed by atoms with van der Waals surface area (Å²) < 4.78 is 5.05. The second-order valence-corrected chi connectivity index (χ2v) is 4.98. The van der Waals surface area contributed by atoms with Crippen LogP contribution in [0.2, 0.25) is 5.02 Å². The Morgan fingerprint density at radius 1 is 1.41 bits per heavy atom. The number of nitrogens with zero attached hydrogens (tertiary/aromatic N) is 1. The average molecular weight is 252 g/mol. The first-order valence-electron chi connectivity index (χ1n) is 5.97. The quantitative estimate of drug-likeness (QED) is 0.718. The highest BCUT2D eigenvalue weighted by molar-refractivity contribution is 6.30. The molecular weight excluding hydrogens is 238 g/mol. The number of rotatable bonds is 1. The lowest BCUT2D eigenvalue weighted by molar-refractivity contribution is -0.139. The monoisotopic (exact) mass is 251 g/mol. The average Bonchev–Trinajstić information content (AvgIpc) is 2.74. The van der Waals surface area contributed by atoms with Crippen LogP contribution in [0.3, 0.4) is 0 Å². The summed E-state index contributed by atoms with van der Waals surface area (Å²) in [4.78, 5) is 13.8. The summed E-state index contributed by atoms with van der Waals surface area (Å²) in [5, 5.41) is 0.764. The van der Waals surface area contributed by atoms with Crippen LogP contribution in [-0.2, 0) is 16.0 Å². The number of ether oxygens (including phenoxy) is 1. The Kier molecular flexibility index (Phi) is 2.71. The van der Waals surface area contributed by atoms with E-state index in [-0.39, 0.29) is 12.0 Å². The number of esters is 1. The van der Waals surface area contributed by atoms with Crippen LogP contribution < -0.4 is 4.90 Å². The fourth-order valence-electron chi connectivity index (χ4n) is 2.69. The zero-order chi connectivity index (χ0) is 11.8. The number of carbonyl (C=O) groups is 1. The number of cyclic esters (lactones) is 1. The summed E-state index contributed by atoms with van der Waals surface area (Å²) in [6.45, 7) is 1.47. The maximum absolute atomic E-state index is 11.7. The van der Waals surface area contributed by atoms with Gasteiger partial charge in [0.15, 0.2) is 0 Å². The third kappa shape index (κ3) is 1.89. The van der Waals surface area contributed by atoms with Crippen LogP contribution in [0.15, 0.2) is 18.2 Å². The van der Waals surface area contributed by atoms with E-state index in [1.54, 1.807) is 0 Å². The minimum absolute atomic E-state index is 0.0900. The Morgan fingerprint density at radius 2 is 2.29 bits per heavy atom. The Hall–Kier alpha value is -1.22. The predicted octanol–water partition coefficient (Wildman–Crippen LogP) is 2.41. The lowest BCUT2D eigenvalue weighted by Crippen LogP contribution is -2.41. The van der Waals surface area contributed by atoms with Gasteiger partial charge in [-0.2, -0.15) is 0 Å². The second-order valence-electron chi connectivity index (χ2n) is 4.54. The van der Waals surface area contributed by atoms with Crippen molar-refractivity contribution in [3.63, 3.8) is 0 Å². The van der Waals surface area contributed by atoms with Gasteiger partial charge in [0.1, 0.15) is 6.04 Å². The number of hydrogen-bond donors (Lipinski definition) is 0. The number of carbonyl (C=O) groups excluding carboxylic acids is 1. The number of halogens is 1. The molecule has 4 heteroatoms. The number of anilines is 1. The molecule has 2 aliphatic heterocycles. The van der Waals surface area contributed by atoms with Crippen LogP contribution in [0.5, 0.6) is 0 Å². The first-order valence-corrected chi connectivity index (χ1v) is 6.35. The van der Waals surface area contributed by atoms with Crippen molar-refractivity contribution in [3.8, 4) is 0 Å². The topological polar surface area (TPSA) is 29.5 Å². The molecule has 1 aromatic rings. The fourth-order valence-corrected chi connectivity index (χ4v) is 2.88. The summed E-state index contributed by atoms with van der Waals surface area (Å²) >= 11 is 6.00. The molecule has 0 spiro atoms. The zero-order valence-electron chi connectivity index (χ0n) is 9.49. The van der Waals surface area contributed by atoms with E-state index < -0.39 is 0 Å². The van der Waals surface area contributed by atoms with Gasteiger partial charge < -0.3 is 9.64 Å². The van der Waals surface area contributed by atoms with Gasteiger partial charge in [0.2, 0.25) is 0 Å². The predicted molar refractivity (Wildman–Crippen MR) is 66.5 cm³/mol. The van der Waals surface area contributed by atoms with Gasteiger partial charge in [-0.25, -0.2) is 4.79 Å². The van der Waals surface area contributed by atoms with Crippen molar-refractivity contribution >= 4 is 23.3 Å². The largest absolute Gasteiger partial charge is 0.464 e. The van der Waals surface area contributed by atoms with E-state index in [0.29, 0.717) is 6.61 Å². The number of aryl methyl sites for hydroxylation is 1. The first kappa shape index (κ1) is 10.9. The van der Waals surface area contributed by atoms with Gasteiger partial charge in [-0.3, -0.25) is 0 Å². The molecule has 2 heterocycles. The third-order valence-corrected chi connectivity index (χ3v) is 3.72. The lowest BCUT2D eigenvalue weighted by atomic mass is 9.99. The standard InChI is InChI=1S/C13H14ClNO2/c14-10-3-4-11-9(8-10)2-1-6-15(11)12-5-7-17-13(12)16/h3-4,8,12H,1-2,5-7H2. The molecule has 0 aliphatic carbocycles. The van der Waals surface area contributed by atoms with E-state index in [9.17, 15) is 4.79 Å². The number of fused-ring (bicyclic) bond motifs is 1. The van der Waals surface area contributed by atoms with Gasteiger partial charge in [-0.15, -0.1) is 0 Å². The van der Waals surface area contributed by atoms with Crippen molar-refractivity contribution in [2.75, 3.05) is 18.1 Å². The highest BCUT2D eigenvalue weighted by Gasteiger charge is 2.34. The summed E-state index contributed by atoms with van der Waals surface area (Å²) in [7, 11) is 0. The number of benzene rings is 1. The van der Waals surface area contributed by atoms with Gasteiger partial charge in [0.25, 0.3) is 0 Å². The molecule has 1 atom stereocenters. The Morgan fingerprint density at radius 3 is 3.06 bits per heavy atom. The van der Waals surface area contributed by atoms with E-state index in [2.05, 4.69) is 4.90 Å². The second kappa shape index (κ2) is 4.22. The van der Waals surface area contributed by atoms with E-state index in [4.69, 9.17) is 16.3 Å². The van der Waals surface area contributed by atoms with Crippen LogP contribution in [0, 0.1) is 0 Å². The molecule has 0 amide bonds. The molecule has 0 saturated carbocycles. The van der Waals surface area contributed by atoms with Crippen LogP contribution in [0.1, 0.15) is 18.4 Å².